The fourth-order valence-electron chi connectivity index (χ4n) is 5.15. The number of hydrogen-bond acceptors (Lipinski definition) is 3. The van der Waals surface area contributed by atoms with Crippen molar-refractivity contribution in [2.45, 2.75) is 26.2 Å². The van der Waals surface area contributed by atoms with Gasteiger partial charge in [0.05, 0.1) is 5.58 Å². The van der Waals surface area contributed by atoms with Gasteiger partial charge in [0.1, 0.15) is 5.58 Å². The molecule has 0 N–H and O–H groups in total. The first-order chi connectivity index (χ1) is 20.0. The van der Waals surface area contributed by atoms with Gasteiger partial charge in [-0.2, -0.15) is 0 Å². The average molecular weight is 723 g/mol. The third-order valence-electron chi connectivity index (χ3n) is 7.44. The zero-order chi connectivity index (χ0) is 28.2. The third kappa shape index (κ3) is 5.83. The minimum atomic E-state index is -0.189. The number of fused-ring (bicyclic) bond motifs is 3. The van der Waals surface area contributed by atoms with Crippen molar-refractivity contribution in [3.05, 3.63) is 156 Å². The van der Waals surface area contributed by atoms with Crippen LogP contribution in [0.5, 0.6) is 0 Å². The van der Waals surface area contributed by atoms with E-state index >= 15 is 0 Å². The van der Waals surface area contributed by atoms with Crippen molar-refractivity contribution in [3.63, 3.8) is 0 Å². The summed E-state index contributed by atoms with van der Waals surface area (Å²) >= 11 is 0. The molecule has 0 aliphatic rings. The van der Waals surface area contributed by atoms with Gasteiger partial charge in [-0.15, -0.1) is 53.6 Å². The van der Waals surface area contributed by atoms with Crippen LogP contribution in [0.4, 0.5) is 0 Å². The summed E-state index contributed by atoms with van der Waals surface area (Å²) in [4.78, 5) is 8.85. The molecule has 0 saturated carbocycles. The fourth-order valence-corrected chi connectivity index (χ4v) is 5.15. The molecule has 1 radical (unpaired) electrons. The molecule has 3 nitrogen and oxygen atoms in total. The van der Waals surface area contributed by atoms with Gasteiger partial charge in [0.25, 0.3) is 0 Å². The maximum atomic E-state index is 6.34. The number of para-hydroxylation sites is 1. The first-order valence-electron chi connectivity index (χ1n) is 13.8. The fraction of sp³-hybridized carbons (Fsp3) is 0.105. The van der Waals surface area contributed by atoms with Gasteiger partial charge in [0, 0.05) is 37.9 Å². The van der Waals surface area contributed by atoms with Crippen LogP contribution in [0.2, 0.25) is 0 Å². The molecule has 209 valence electrons. The van der Waals surface area contributed by atoms with E-state index in [2.05, 4.69) is 90.5 Å². The van der Waals surface area contributed by atoms with Crippen LogP contribution in [-0.2, 0) is 25.5 Å². The van der Waals surface area contributed by atoms with E-state index in [9.17, 15) is 0 Å². The summed E-state index contributed by atoms with van der Waals surface area (Å²) in [5.74, 6) is 0. The Morgan fingerprint density at radius 2 is 1.48 bits per heavy atom. The zero-order valence-corrected chi connectivity index (χ0v) is 26.2. The monoisotopic (exact) mass is 723 g/mol. The van der Waals surface area contributed by atoms with E-state index < -0.39 is 0 Å². The van der Waals surface area contributed by atoms with Gasteiger partial charge in [0.2, 0.25) is 0 Å². The number of nitrogens with zero attached hydrogens (tertiary/aromatic N) is 2. The Morgan fingerprint density at radius 3 is 2.19 bits per heavy atom. The Morgan fingerprint density at radius 1 is 0.714 bits per heavy atom. The van der Waals surface area contributed by atoms with Crippen LogP contribution in [-0.4, -0.2) is 9.97 Å². The maximum Gasteiger partial charge on any atom is 0.120 e. The minimum Gasteiger partial charge on any atom is -0.501 e. The second-order valence-corrected chi connectivity index (χ2v) is 10.6. The summed E-state index contributed by atoms with van der Waals surface area (Å²) in [6.45, 7) is 6.55. The molecule has 3 aromatic heterocycles. The van der Waals surface area contributed by atoms with Gasteiger partial charge in [-0.05, 0) is 47.0 Å². The second-order valence-electron chi connectivity index (χ2n) is 10.6. The smallest absolute Gasteiger partial charge is 0.120 e. The molecule has 7 rings (SSSR count). The number of aryl methyl sites for hydroxylation is 1. The van der Waals surface area contributed by atoms with E-state index in [-0.39, 0.29) is 25.5 Å². The number of benzene rings is 4. The quantitative estimate of drug-likeness (QED) is 0.170. The predicted molar refractivity (Wildman–Crippen MR) is 168 cm³/mol. The van der Waals surface area contributed by atoms with Crippen molar-refractivity contribution >= 4 is 21.9 Å². The summed E-state index contributed by atoms with van der Waals surface area (Å²) in [5.41, 5.74) is 8.99. The first-order valence-corrected chi connectivity index (χ1v) is 13.8. The van der Waals surface area contributed by atoms with E-state index in [1.807, 2.05) is 73.8 Å². The molecule has 0 amide bonds. The Kier molecular flexibility index (Phi) is 8.77. The standard InChI is InChI=1S/C26H20NO.C12H10N.Ir/c1-26(2,18-10-4-3-5-11-18)21-16-15-19(22-13-8-9-17-27-22)25-24(21)20-12-6-7-14-23(20)28-25;1-10-7-8-12(13-9-10)11-5-3-2-4-6-11;/h3-14,16-17H,1-2H3;2-5,7-9H,1H3;/q2*-1;. The molecule has 4 heteroatoms. The van der Waals surface area contributed by atoms with Crippen LogP contribution in [0.15, 0.2) is 132 Å². The molecule has 0 aliphatic carbocycles. The molecule has 7 aromatic rings. The zero-order valence-electron chi connectivity index (χ0n) is 23.8. The van der Waals surface area contributed by atoms with Crippen LogP contribution in [0.25, 0.3) is 44.5 Å². The van der Waals surface area contributed by atoms with Crippen LogP contribution in [0.3, 0.4) is 0 Å². The van der Waals surface area contributed by atoms with E-state index in [0.717, 1.165) is 44.5 Å². The van der Waals surface area contributed by atoms with Crippen LogP contribution >= 0.6 is 0 Å². The van der Waals surface area contributed by atoms with Gasteiger partial charge in [-0.25, -0.2) is 0 Å². The average Bonchev–Trinajstić information content (AvgIpc) is 3.42. The molecule has 0 spiro atoms. The summed E-state index contributed by atoms with van der Waals surface area (Å²) < 4.78 is 6.34. The van der Waals surface area contributed by atoms with E-state index in [4.69, 9.17) is 4.42 Å². The van der Waals surface area contributed by atoms with Crippen molar-refractivity contribution in [1.82, 2.24) is 9.97 Å². The van der Waals surface area contributed by atoms with Gasteiger partial charge < -0.3 is 14.4 Å². The van der Waals surface area contributed by atoms with Crippen LogP contribution in [0, 0.1) is 19.1 Å². The predicted octanol–water partition coefficient (Wildman–Crippen LogP) is 9.63. The summed E-state index contributed by atoms with van der Waals surface area (Å²) in [5, 5.41) is 2.27. The number of pyridine rings is 2. The van der Waals surface area contributed by atoms with Crippen molar-refractivity contribution in [2.75, 3.05) is 0 Å². The first kappa shape index (κ1) is 29.1. The normalized spacial score (nSPS) is 11.0. The third-order valence-corrected chi connectivity index (χ3v) is 7.44. The van der Waals surface area contributed by atoms with Gasteiger partial charge in [0.15, 0.2) is 0 Å². The summed E-state index contributed by atoms with van der Waals surface area (Å²) in [6.07, 6.45) is 3.68. The van der Waals surface area contributed by atoms with E-state index in [1.165, 1.54) is 16.7 Å². The number of hydrogen-bond donors (Lipinski definition) is 0. The van der Waals surface area contributed by atoms with Gasteiger partial charge >= 0.3 is 0 Å². The van der Waals surface area contributed by atoms with Crippen molar-refractivity contribution in [3.8, 4) is 22.5 Å². The second kappa shape index (κ2) is 12.6. The van der Waals surface area contributed by atoms with Gasteiger partial charge in [-0.1, -0.05) is 97.6 Å². The number of furan rings is 1. The molecule has 0 aliphatic heterocycles. The largest absolute Gasteiger partial charge is 0.501 e. The summed E-state index contributed by atoms with van der Waals surface area (Å²) in [6, 6.07) is 45.4. The van der Waals surface area contributed by atoms with Crippen molar-refractivity contribution < 1.29 is 24.5 Å². The molecule has 42 heavy (non-hydrogen) atoms. The topological polar surface area (TPSA) is 38.9 Å². The molecule has 0 saturated heterocycles. The SMILES string of the molecule is CC(C)(c1ccccc1)c1c[c-]c(-c2ccccn2)c2oc3ccccc3c12.Cc1ccc(-c2[c-]cccc2)nc1.[Ir]. The number of aromatic nitrogens is 2. The molecule has 0 atom stereocenters. The Balaban J connectivity index is 0.000000212. The van der Waals surface area contributed by atoms with E-state index in [1.54, 1.807) is 6.20 Å². The molecule has 0 unspecified atom stereocenters. The van der Waals surface area contributed by atoms with E-state index in [0.29, 0.717) is 0 Å². The Labute approximate surface area is 260 Å². The molecular weight excluding hydrogens is 693 g/mol. The Hall–Kier alpha value is -4.37. The molecule has 0 bridgehead atoms. The maximum absolute atomic E-state index is 6.34. The molecule has 3 heterocycles. The minimum absolute atomic E-state index is 0. The molecule has 4 aromatic carbocycles. The molecular formula is C38H30IrN2O-2. The van der Waals surface area contributed by atoms with Crippen molar-refractivity contribution in [2.24, 2.45) is 0 Å². The Bertz CT molecular complexity index is 1900. The van der Waals surface area contributed by atoms with Crippen molar-refractivity contribution in [1.29, 1.82) is 0 Å². The van der Waals surface area contributed by atoms with Crippen LogP contribution < -0.4 is 0 Å². The van der Waals surface area contributed by atoms with Crippen LogP contribution in [0.1, 0.15) is 30.5 Å². The number of rotatable bonds is 4. The molecule has 0 fully saturated rings. The van der Waals surface area contributed by atoms with Gasteiger partial charge in [-0.3, -0.25) is 0 Å². The summed E-state index contributed by atoms with van der Waals surface area (Å²) in [7, 11) is 0.